The minimum Gasteiger partial charge on any atom is -0.477 e. The van der Waals surface area contributed by atoms with Gasteiger partial charge in [0.25, 0.3) is 0 Å². The Morgan fingerprint density at radius 3 is 2.59 bits per heavy atom. The zero-order chi connectivity index (χ0) is 12.4. The van der Waals surface area contributed by atoms with Crippen LogP contribution in [-0.2, 0) is 0 Å². The van der Waals surface area contributed by atoms with Crippen LogP contribution in [0.3, 0.4) is 0 Å². The van der Waals surface area contributed by atoms with E-state index < -0.39 is 11.4 Å². The van der Waals surface area contributed by atoms with Crippen molar-refractivity contribution in [3.63, 3.8) is 0 Å². The molecule has 2 aromatic heterocycles. The molecule has 0 aliphatic carbocycles. The summed E-state index contributed by atoms with van der Waals surface area (Å²) in [6.45, 7) is 1.74. The van der Waals surface area contributed by atoms with Gasteiger partial charge in [-0.1, -0.05) is 0 Å². The fourth-order valence-electron chi connectivity index (χ4n) is 1.57. The summed E-state index contributed by atoms with van der Waals surface area (Å²) in [4.78, 5) is 26.2. The quantitative estimate of drug-likeness (QED) is 0.842. The topological polar surface area (TPSA) is 72.2 Å². The van der Waals surface area contributed by atoms with E-state index in [-0.39, 0.29) is 5.56 Å². The van der Waals surface area contributed by atoms with Crippen LogP contribution in [0.15, 0.2) is 41.6 Å². The molecule has 0 saturated carbocycles. The summed E-state index contributed by atoms with van der Waals surface area (Å²) in [5, 5.41) is 8.90. The Morgan fingerprint density at radius 1 is 1.35 bits per heavy atom. The molecule has 2 aromatic rings. The second-order valence-corrected chi connectivity index (χ2v) is 3.57. The molecular weight excluding hydrogens is 220 g/mol. The summed E-state index contributed by atoms with van der Waals surface area (Å²) in [6, 6.07) is 4.79. The van der Waals surface area contributed by atoms with Gasteiger partial charge in [0, 0.05) is 36.0 Å². The Labute approximate surface area is 97.0 Å². The lowest BCUT2D eigenvalue weighted by Gasteiger charge is -2.10. The van der Waals surface area contributed by atoms with Crippen molar-refractivity contribution in [3.8, 4) is 5.69 Å². The van der Waals surface area contributed by atoms with Gasteiger partial charge >= 0.3 is 5.97 Å². The molecule has 1 N–H and O–H groups in total. The van der Waals surface area contributed by atoms with Crippen molar-refractivity contribution in [2.45, 2.75) is 6.92 Å². The summed E-state index contributed by atoms with van der Waals surface area (Å²) in [5.74, 6) is -1.22. The number of pyridine rings is 2. The van der Waals surface area contributed by atoms with Gasteiger partial charge in [0.05, 0.1) is 0 Å². The summed E-state index contributed by atoms with van der Waals surface area (Å²) < 4.78 is 1.65. The molecule has 0 radical (unpaired) electrons. The van der Waals surface area contributed by atoms with E-state index in [1.165, 1.54) is 12.3 Å². The normalized spacial score (nSPS) is 10.2. The van der Waals surface area contributed by atoms with Crippen LogP contribution in [0.25, 0.3) is 5.69 Å². The molecule has 17 heavy (non-hydrogen) atoms. The van der Waals surface area contributed by atoms with E-state index >= 15 is 0 Å². The minimum absolute atomic E-state index is 0.243. The van der Waals surface area contributed by atoms with E-state index in [4.69, 9.17) is 5.11 Å². The van der Waals surface area contributed by atoms with Gasteiger partial charge in [-0.05, 0) is 19.1 Å². The van der Waals surface area contributed by atoms with E-state index in [2.05, 4.69) is 4.98 Å². The molecule has 2 heterocycles. The van der Waals surface area contributed by atoms with Gasteiger partial charge in [0.15, 0.2) is 5.43 Å². The first kappa shape index (κ1) is 11.1. The highest BCUT2D eigenvalue weighted by molar-refractivity contribution is 5.87. The Bertz CT molecular complexity index is 617. The fourth-order valence-corrected chi connectivity index (χ4v) is 1.57. The lowest BCUT2D eigenvalue weighted by molar-refractivity contribution is 0.0695. The third-order valence-corrected chi connectivity index (χ3v) is 2.41. The smallest absolute Gasteiger partial charge is 0.341 e. The third-order valence-electron chi connectivity index (χ3n) is 2.41. The lowest BCUT2D eigenvalue weighted by Crippen LogP contribution is -2.18. The van der Waals surface area contributed by atoms with Crippen molar-refractivity contribution in [2.24, 2.45) is 0 Å². The van der Waals surface area contributed by atoms with Crippen LogP contribution in [0.2, 0.25) is 0 Å². The number of aryl methyl sites for hydroxylation is 1. The van der Waals surface area contributed by atoms with Crippen LogP contribution in [0.1, 0.15) is 16.1 Å². The van der Waals surface area contributed by atoms with Gasteiger partial charge in [-0.25, -0.2) is 4.79 Å². The van der Waals surface area contributed by atoms with Gasteiger partial charge in [0.1, 0.15) is 5.56 Å². The zero-order valence-corrected chi connectivity index (χ0v) is 9.12. The average Bonchev–Trinajstić information content (AvgIpc) is 2.29. The van der Waals surface area contributed by atoms with Crippen molar-refractivity contribution in [1.82, 2.24) is 9.55 Å². The van der Waals surface area contributed by atoms with Crippen LogP contribution in [0.5, 0.6) is 0 Å². The highest BCUT2D eigenvalue weighted by Gasteiger charge is 2.11. The Balaban J connectivity index is 2.67. The SMILES string of the molecule is Cc1cc(=O)c(C(=O)O)cn1-c1ccncc1. The molecule has 0 amide bonds. The molecule has 86 valence electrons. The standard InChI is InChI=1S/C12H10N2O3/c1-8-6-11(15)10(12(16)17)7-14(8)9-2-4-13-5-3-9/h2-7H,1H3,(H,16,17). The Kier molecular flexibility index (Phi) is 2.74. The second kappa shape index (κ2) is 4.21. The van der Waals surface area contributed by atoms with Crippen LogP contribution in [-0.4, -0.2) is 20.6 Å². The van der Waals surface area contributed by atoms with E-state index in [9.17, 15) is 9.59 Å². The van der Waals surface area contributed by atoms with E-state index in [1.54, 1.807) is 36.0 Å². The summed E-state index contributed by atoms with van der Waals surface area (Å²) in [7, 11) is 0. The maximum Gasteiger partial charge on any atom is 0.341 e. The molecule has 0 aromatic carbocycles. The van der Waals surface area contributed by atoms with Crippen LogP contribution in [0, 0.1) is 6.92 Å². The molecule has 5 heteroatoms. The summed E-state index contributed by atoms with van der Waals surface area (Å²) >= 11 is 0. The zero-order valence-electron chi connectivity index (χ0n) is 9.12. The van der Waals surface area contributed by atoms with Gasteiger partial charge in [-0.3, -0.25) is 9.78 Å². The largest absolute Gasteiger partial charge is 0.477 e. The number of carbonyl (C=O) groups is 1. The third kappa shape index (κ3) is 2.08. The molecule has 0 aliphatic rings. The number of nitrogens with zero attached hydrogens (tertiary/aromatic N) is 2. The molecule has 0 aliphatic heterocycles. The maximum absolute atomic E-state index is 11.5. The lowest BCUT2D eigenvalue weighted by atomic mass is 10.2. The van der Waals surface area contributed by atoms with Crippen LogP contribution in [0.4, 0.5) is 0 Å². The molecule has 0 unspecified atom stereocenters. The number of hydrogen-bond acceptors (Lipinski definition) is 3. The highest BCUT2D eigenvalue weighted by atomic mass is 16.4. The number of rotatable bonds is 2. The fraction of sp³-hybridized carbons (Fsp3) is 0.0833. The van der Waals surface area contributed by atoms with Gasteiger partial charge in [-0.2, -0.15) is 0 Å². The molecule has 2 rings (SSSR count). The first-order chi connectivity index (χ1) is 8.09. The maximum atomic E-state index is 11.5. The van der Waals surface area contributed by atoms with Crippen molar-refractivity contribution in [3.05, 3.63) is 58.3 Å². The number of carboxylic acid groups (broad SMARTS) is 1. The minimum atomic E-state index is -1.22. The van der Waals surface area contributed by atoms with Crippen molar-refractivity contribution < 1.29 is 9.90 Å². The number of hydrogen-bond donors (Lipinski definition) is 1. The molecule has 5 nitrogen and oxygen atoms in total. The number of carboxylic acids is 1. The Morgan fingerprint density at radius 2 is 2.00 bits per heavy atom. The molecule has 0 fully saturated rings. The summed E-state index contributed by atoms with van der Waals surface area (Å²) in [5.41, 5.74) is 0.707. The molecule has 0 bridgehead atoms. The monoisotopic (exact) mass is 230 g/mol. The molecule has 0 spiro atoms. The molecule has 0 atom stereocenters. The van der Waals surface area contributed by atoms with Crippen LogP contribution >= 0.6 is 0 Å². The summed E-state index contributed by atoms with van der Waals surface area (Å²) in [6.07, 6.45) is 4.54. The van der Waals surface area contributed by atoms with E-state index in [0.717, 1.165) is 5.69 Å². The number of aromatic carboxylic acids is 1. The van der Waals surface area contributed by atoms with E-state index in [1.807, 2.05) is 0 Å². The molecule has 0 saturated heterocycles. The van der Waals surface area contributed by atoms with Crippen molar-refractivity contribution in [2.75, 3.05) is 0 Å². The van der Waals surface area contributed by atoms with Gasteiger partial charge < -0.3 is 9.67 Å². The highest BCUT2D eigenvalue weighted by Crippen LogP contribution is 2.09. The number of aromatic nitrogens is 2. The second-order valence-electron chi connectivity index (χ2n) is 3.57. The molecular formula is C12H10N2O3. The predicted octanol–water partition coefficient (Wildman–Crippen LogP) is 1.24. The van der Waals surface area contributed by atoms with E-state index in [0.29, 0.717) is 5.69 Å². The van der Waals surface area contributed by atoms with Crippen molar-refractivity contribution in [1.29, 1.82) is 0 Å². The predicted molar refractivity (Wildman–Crippen MR) is 61.5 cm³/mol. The first-order valence-electron chi connectivity index (χ1n) is 4.96. The van der Waals surface area contributed by atoms with Gasteiger partial charge in [0.2, 0.25) is 0 Å². The van der Waals surface area contributed by atoms with Crippen molar-refractivity contribution >= 4 is 5.97 Å². The Hall–Kier alpha value is -2.43. The van der Waals surface area contributed by atoms with Gasteiger partial charge in [-0.15, -0.1) is 0 Å². The first-order valence-corrected chi connectivity index (χ1v) is 4.96. The van der Waals surface area contributed by atoms with Crippen LogP contribution < -0.4 is 5.43 Å². The average molecular weight is 230 g/mol.